The van der Waals surface area contributed by atoms with Gasteiger partial charge >= 0.3 is 0 Å². The highest BCUT2D eigenvalue weighted by atomic mass is 16.5. The first-order chi connectivity index (χ1) is 13.2. The molecule has 1 saturated heterocycles. The summed E-state index contributed by atoms with van der Waals surface area (Å²) in [7, 11) is 0. The quantitative estimate of drug-likeness (QED) is 0.738. The van der Waals surface area contributed by atoms with Crippen molar-refractivity contribution in [1.29, 1.82) is 0 Å². The Morgan fingerprint density at radius 2 is 1.67 bits per heavy atom. The van der Waals surface area contributed by atoms with E-state index in [1.54, 1.807) is 12.1 Å². The Hall–Kier alpha value is -2.86. The van der Waals surface area contributed by atoms with Crippen LogP contribution in [0.25, 0.3) is 0 Å². The van der Waals surface area contributed by atoms with Crippen molar-refractivity contribution in [2.75, 3.05) is 43.1 Å². The molecule has 0 bridgehead atoms. The first kappa shape index (κ1) is 18.9. The molecule has 2 aromatic rings. The van der Waals surface area contributed by atoms with Crippen LogP contribution < -0.4 is 15.5 Å². The Kier molecular flexibility index (Phi) is 6.82. The molecule has 1 aliphatic heterocycles. The molecule has 1 heterocycles. The van der Waals surface area contributed by atoms with E-state index >= 15 is 0 Å². The van der Waals surface area contributed by atoms with Gasteiger partial charge in [-0.2, -0.15) is 0 Å². The summed E-state index contributed by atoms with van der Waals surface area (Å²) in [5, 5.41) is 5.83. The van der Waals surface area contributed by atoms with Gasteiger partial charge in [-0.1, -0.05) is 30.3 Å². The standard InChI is InChI=1S/C21H25N3O3/c25-20(11-6-12-22-21(26)17-7-2-1-3-8-17)23-18-9-4-5-10-19(18)24-13-15-27-16-14-24/h1-5,7-10H,6,11-16H2,(H,22,26)(H,23,25). The number of anilines is 2. The van der Waals surface area contributed by atoms with Gasteiger partial charge in [0.1, 0.15) is 0 Å². The lowest BCUT2D eigenvalue weighted by Gasteiger charge is -2.30. The Labute approximate surface area is 159 Å². The smallest absolute Gasteiger partial charge is 0.251 e. The molecule has 6 heteroatoms. The zero-order valence-corrected chi connectivity index (χ0v) is 15.3. The van der Waals surface area contributed by atoms with Crippen molar-refractivity contribution in [1.82, 2.24) is 5.32 Å². The number of carbonyl (C=O) groups is 2. The van der Waals surface area contributed by atoms with E-state index in [2.05, 4.69) is 15.5 Å². The van der Waals surface area contributed by atoms with E-state index in [1.807, 2.05) is 42.5 Å². The van der Waals surface area contributed by atoms with E-state index in [-0.39, 0.29) is 11.8 Å². The third kappa shape index (κ3) is 5.56. The normalized spacial score (nSPS) is 13.9. The van der Waals surface area contributed by atoms with E-state index in [1.165, 1.54) is 0 Å². The highest BCUT2D eigenvalue weighted by Gasteiger charge is 2.15. The minimum Gasteiger partial charge on any atom is -0.378 e. The van der Waals surface area contributed by atoms with Crippen LogP contribution >= 0.6 is 0 Å². The molecule has 2 amide bonds. The van der Waals surface area contributed by atoms with Gasteiger partial charge in [0.05, 0.1) is 24.6 Å². The number of benzene rings is 2. The number of nitrogens with zero attached hydrogens (tertiary/aromatic N) is 1. The second kappa shape index (κ2) is 9.73. The summed E-state index contributed by atoms with van der Waals surface area (Å²) in [6.07, 6.45) is 0.941. The number of nitrogens with one attached hydrogen (secondary N) is 2. The summed E-state index contributed by atoms with van der Waals surface area (Å²) >= 11 is 0. The molecule has 142 valence electrons. The van der Waals surface area contributed by atoms with Crippen molar-refractivity contribution in [3.05, 3.63) is 60.2 Å². The number of morpholine rings is 1. The van der Waals surface area contributed by atoms with Crippen LogP contribution in [0, 0.1) is 0 Å². The molecule has 2 N–H and O–H groups in total. The fourth-order valence-corrected chi connectivity index (χ4v) is 3.01. The maximum absolute atomic E-state index is 12.3. The molecule has 6 nitrogen and oxygen atoms in total. The van der Waals surface area contributed by atoms with E-state index in [4.69, 9.17) is 4.74 Å². The molecule has 0 spiro atoms. The van der Waals surface area contributed by atoms with Crippen molar-refractivity contribution in [3.63, 3.8) is 0 Å². The van der Waals surface area contributed by atoms with Crippen LogP contribution in [0.3, 0.4) is 0 Å². The average Bonchev–Trinajstić information content (AvgIpc) is 2.73. The number of amides is 2. The predicted molar refractivity (Wildman–Crippen MR) is 106 cm³/mol. The van der Waals surface area contributed by atoms with Gasteiger partial charge < -0.3 is 20.3 Å². The van der Waals surface area contributed by atoms with Gasteiger partial charge in [-0.3, -0.25) is 9.59 Å². The summed E-state index contributed by atoms with van der Waals surface area (Å²) in [5.41, 5.74) is 2.46. The molecule has 0 atom stereocenters. The summed E-state index contributed by atoms with van der Waals surface area (Å²) in [6.45, 7) is 3.50. The monoisotopic (exact) mass is 367 g/mol. The lowest BCUT2D eigenvalue weighted by molar-refractivity contribution is -0.116. The van der Waals surface area contributed by atoms with Crippen LogP contribution in [0.5, 0.6) is 0 Å². The summed E-state index contributed by atoms with van der Waals surface area (Å²) in [4.78, 5) is 26.5. The first-order valence-corrected chi connectivity index (χ1v) is 9.29. The summed E-state index contributed by atoms with van der Waals surface area (Å²) < 4.78 is 5.40. The molecule has 0 saturated carbocycles. The van der Waals surface area contributed by atoms with Gasteiger partial charge in [-0.25, -0.2) is 0 Å². The van der Waals surface area contributed by atoms with E-state index in [0.717, 1.165) is 24.5 Å². The fraction of sp³-hybridized carbons (Fsp3) is 0.333. The molecule has 1 aliphatic rings. The van der Waals surface area contributed by atoms with E-state index < -0.39 is 0 Å². The average molecular weight is 367 g/mol. The molecule has 27 heavy (non-hydrogen) atoms. The van der Waals surface area contributed by atoms with Gasteiger partial charge in [0.15, 0.2) is 0 Å². The number of rotatable bonds is 7. The molecule has 0 radical (unpaired) electrons. The van der Waals surface area contributed by atoms with Crippen LogP contribution in [0.4, 0.5) is 11.4 Å². The zero-order valence-electron chi connectivity index (χ0n) is 15.3. The van der Waals surface area contributed by atoms with Crippen molar-refractivity contribution >= 4 is 23.2 Å². The minimum absolute atomic E-state index is 0.0512. The van der Waals surface area contributed by atoms with Crippen LogP contribution in [0.2, 0.25) is 0 Å². The maximum Gasteiger partial charge on any atom is 0.251 e. The lowest BCUT2D eigenvalue weighted by atomic mass is 10.2. The third-order valence-corrected chi connectivity index (χ3v) is 4.43. The van der Waals surface area contributed by atoms with Crippen LogP contribution in [-0.4, -0.2) is 44.7 Å². The Morgan fingerprint density at radius 1 is 0.963 bits per heavy atom. The van der Waals surface area contributed by atoms with Crippen LogP contribution in [0.1, 0.15) is 23.2 Å². The summed E-state index contributed by atoms with van der Waals surface area (Å²) in [5.74, 6) is -0.168. The molecule has 0 unspecified atom stereocenters. The fourth-order valence-electron chi connectivity index (χ4n) is 3.01. The zero-order chi connectivity index (χ0) is 18.9. The van der Waals surface area contributed by atoms with Gasteiger partial charge in [0.2, 0.25) is 5.91 Å². The Balaban J connectivity index is 1.45. The lowest BCUT2D eigenvalue weighted by Crippen LogP contribution is -2.36. The predicted octanol–water partition coefficient (Wildman–Crippen LogP) is 2.67. The topological polar surface area (TPSA) is 70.7 Å². The number of para-hydroxylation sites is 2. The molecular formula is C21H25N3O3. The molecular weight excluding hydrogens is 342 g/mol. The van der Waals surface area contributed by atoms with Crippen molar-refractivity contribution in [2.45, 2.75) is 12.8 Å². The van der Waals surface area contributed by atoms with Crippen molar-refractivity contribution in [3.8, 4) is 0 Å². The van der Waals surface area contributed by atoms with Crippen molar-refractivity contribution < 1.29 is 14.3 Å². The molecule has 2 aromatic carbocycles. The van der Waals surface area contributed by atoms with E-state index in [9.17, 15) is 9.59 Å². The third-order valence-electron chi connectivity index (χ3n) is 4.43. The largest absolute Gasteiger partial charge is 0.378 e. The Bertz CT molecular complexity index is 758. The highest BCUT2D eigenvalue weighted by molar-refractivity contribution is 5.95. The summed E-state index contributed by atoms with van der Waals surface area (Å²) in [6, 6.07) is 16.9. The number of carbonyl (C=O) groups excluding carboxylic acids is 2. The number of hydrogen-bond donors (Lipinski definition) is 2. The van der Waals surface area contributed by atoms with Gasteiger partial charge in [0, 0.05) is 31.6 Å². The highest BCUT2D eigenvalue weighted by Crippen LogP contribution is 2.26. The van der Waals surface area contributed by atoms with E-state index in [0.29, 0.717) is 38.2 Å². The SMILES string of the molecule is O=C(CCCNC(=O)c1ccccc1)Nc1ccccc1N1CCOCC1. The number of hydrogen-bond acceptors (Lipinski definition) is 4. The van der Waals surface area contributed by atoms with Gasteiger partial charge in [0.25, 0.3) is 5.91 Å². The maximum atomic E-state index is 12.3. The molecule has 0 aliphatic carbocycles. The van der Waals surface area contributed by atoms with Gasteiger partial charge in [-0.05, 0) is 30.7 Å². The van der Waals surface area contributed by atoms with Gasteiger partial charge in [-0.15, -0.1) is 0 Å². The van der Waals surface area contributed by atoms with Crippen molar-refractivity contribution in [2.24, 2.45) is 0 Å². The minimum atomic E-state index is -0.117. The Morgan fingerprint density at radius 3 is 2.44 bits per heavy atom. The first-order valence-electron chi connectivity index (χ1n) is 9.29. The van der Waals surface area contributed by atoms with Crippen LogP contribution in [0.15, 0.2) is 54.6 Å². The molecule has 0 aromatic heterocycles. The van der Waals surface area contributed by atoms with Crippen LogP contribution in [-0.2, 0) is 9.53 Å². The molecule has 1 fully saturated rings. The number of ether oxygens (including phenoxy) is 1. The second-order valence-corrected chi connectivity index (χ2v) is 6.39. The second-order valence-electron chi connectivity index (χ2n) is 6.39. The molecule has 3 rings (SSSR count).